The Morgan fingerprint density at radius 2 is 2.19 bits per heavy atom. The molecule has 1 saturated heterocycles. The second-order valence-electron chi connectivity index (χ2n) is 4.55. The van der Waals surface area contributed by atoms with E-state index >= 15 is 0 Å². The molecule has 0 aromatic heterocycles. The highest BCUT2D eigenvalue weighted by Gasteiger charge is 2.35. The summed E-state index contributed by atoms with van der Waals surface area (Å²) in [6.45, 7) is 2.25. The van der Waals surface area contributed by atoms with Gasteiger partial charge < -0.3 is 5.32 Å². The van der Waals surface area contributed by atoms with Gasteiger partial charge in [0.25, 0.3) is 0 Å². The summed E-state index contributed by atoms with van der Waals surface area (Å²) in [6.07, 6.45) is 0.931. The normalized spacial score (nSPS) is 18.2. The average Bonchev–Trinajstić information content (AvgIpc) is 2.74. The van der Waals surface area contributed by atoms with Crippen LogP contribution in [0.5, 0.6) is 0 Å². The number of hydrogen-bond acceptors (Lipinski definition) is 4. The minimum Gasteiger partial charge on any atom is -0.325 e. The lowest BCUT2D eigenvalue weighted by atomic mass is 10.2. The number of rotatable bonds is 5. The maximum Gasteiger partial charge on any atom is 0.241 e. The lowest BCUT2D eigenvalue weighted by Gasteiger charge is -2.15. The Morgan fingerprint density at radius 3 is 2.81 bits per heavy atom. The summed E-state index contributed by atoms with van der Waals surface area (Å²) in [5.41, 5.74) is 0.570. The molecule has 0 bridgehead atoms. The van der Waals surface area contributed by atoms with E-state index in [1.165, 1.54) is 16.7 Å². The molecule has 1 N–H and O–H groups in total. The van der Waals surface area contributed by atoms with Crippen molar-refractivity contribution in [2.75, 3.05) is 11.9 Å². The predicted molar refractivity (Wildman–Crippen MR) is 90.7 cm³/mol. The highest BCUT2D eigenvalue weighted by molar-refractivity contribution is 8.24. The van der Waals surface area contributed by atoms with Crippen LogP contribution in [0.4, 0.5) is 5.69 Å². The first-order valence-electron chi connectivity index (χ1n) is 6.59. The summed E-state index contributed by atoms with van der Waals surface area (Å²) in [7, 11) is 0. The van der Waals surface area contributed by atoms with E-state index in [0.29, 0.717) is 21.6 Å². The summed E-state index contributed by atoms with van der Waals surface area (Å²) in [5, 5.41) is 3.11. The predicted octanol–water partition coefficient (Wildman–Crippen LogP) is 3.31. The Labute approximate surface area is 138 Å². The van der Waals surface area contributed by atoms with Crippen molar-refractivity contribution in [3.8, 4) is 0 Å². The van der Waals surface area contributed by atoms with Gasteiger partial charge in [0.05, 0.1) is 16.0 Å². The molecule has 1 heterocycles. The molecule has 1 aromatic carbocycles. The summed E-state index contributed by atoms with van der Waals surface area (Å²) in [5.74, 6) is -0.193. The molecule has 1 aliphatic rings. The lowest BCUT2D eigenvalue weighted by molar-refractivity contribution is -0.126. The maximum absolute atomic E-state index is 12.0. The van der Waals surface area contributed by atoms with Gasteiger partial charge in [-0.15, -0.1) is 0 Å². The zero-order valence-corrected chi connectivity index (χ0v) is 13.9. The molecule has 1 aromatic rings. The number of thioether (sulfide) groups is 1. The molecular weight excluding hydrogens is 328 g/mol. The van der Waals surface area contributed by atoms with E-state index in [1.54, 1.807) is 24.3 Å². The molecule has 4 nitrogen and oxygen atoms in total. The minimum atomic E-state index is -0.191. The molecule has 0 spiro atoms. The third-order valence-corrected chi connectivity index (χ3v) is 5.17. The Morgan fingerprint density at radius 1 is 1.48 bits per heavy atom. The Kier molecular flexibility index (Phi) is 5.61. The van der Waals surface area contributed by atoms with Crippen LogP contribution in [-0.2, 0) is 9.59 Å². The van der Waals surface area contributed by atoms with Crippen LogP contribution in [0, 0.1) is 0 Å². The smallest absolute Gasteiger partial charge is 0.241 e. The summed E-state index contributed by atoms with van der Waals surface area (Å²) in [4.78, 5) is 25.5. The lowest BCUT2D eigenvalue weighted by Crippen LogP contribution is -2.34. The molecular formula is C14H15ClN2O2S2. The first-order valence-corrected chi connectivity index (χ1v) is 8.26. The molecule has 2 amide bonds. The number of thiocarbonyl (C=S) groups is 1. The largest absolute Gasteiger partial charge is 0.325 e. The van der Waals surface area contributed by atoms with Crippen molar-refractivity contribution in [2.45, 2.75) is 25.0 Å². The van der Waals surface area contributed by atoms with Gasteiger partial charge in [-0.2, -0.15) is 0 Å². The number of benzene rings is 1. The van der Waals surface area contributed by atoms with Crippen molar-refractivity contribution in [1.29, 1.82) is 0 Å². The maximum atomic E-state index is 12.0. The Balaban J connectivity index is 1.89. The third-order valence-electron chi connectivity index (χ3n) is 3.09. The van der Waals surface area contributed by atoms with Gasteiger partial charge in [-0.3, -0.25) is 14.5 Å². The van der Waals surface area contributed by atoms with E-state index in [1.807, 2.05) is 6.92 Å². The fourth-order valence-corrected chi connectivity index (χ4v) is 3.61. The number of carbonyl (C=O) groups is 2. The van der Waals surface area contributed by atoms with Crippen LogP contribution in [-0.4, -0.2) is 32.8 Å². The topological polar surface area (TPSA) is 49.4 Å². The zero-order valence-electron chi connectivity index (χ0n) is 11.5. The number of nitrogens with one attached hydrogen (secondary N) is 1. The second kappa shape index (κ2) is 7.24. The molecule has 7 heteroatoms. The van der Waals surface area contributed by atoms with Gasteiger partial charge in [-0.25, -0.2) is 0 Å². The highest BCUT2D eigenvalue weighted by Crippen LogP contribution is 2.29. The molecule has 0 radical (unpaired) electrons. The fraction of sp³-hybridized carbons (Fsp3) is 0.357. The van der Waals surface area contributed by atoms with E-state index in [4.69, 9.17) is 23.8 Å². The van der Waals surface area contributed by atoms with Crippen LogP contribution in [0.15, 0.2) is 24.3 Å². The molecule has 1 atom stereocenters. The van der Waals surface area contributed by atoms with Crippen LogP contribution in [0.1, 0.15) is 19.8 Å². The van der Waals surface area contributed by atoms with E-state index in [-0.39, 0.29) is 23.5 Å². The summed E-state index contributed by atoms with van der Waals surface area (Å²) >= 11 is 12.5. The van der Waals surface area contributed by atoms with Crippen LogP contribution >= 0.6 is 35.6 Å². The standard InChI is InChI=1S/C14H15ClN2O2S2/c1-2-11-13(19)17(14(20)21-11)8-7-12(18)16-10-6-4-3-5-9(10)15/h3-6,11H,2,7-8H2,1H3,(H,16,18). The van der Waals surface area contributed by atoms with Crippen LogP contribution < -0.4 is 5.32 Å². The quantitative estimate of drug-likeness (QED) is 0.834. The minimum absolute atomic E-state index is 0.00181. The first kappa shape index (κ1) is 16.3. The number of hydrogen-bond donors (Lipinski definition) is 1. The molecule has 0 aliphatic carbocycles. The summed E-state index contributed by atoms with van der Waals surface area (Å²) in [6, 6.07) is 7.03. The number of amides is 2. The van der Waals surface area contributed by atoms with Gasteiger partial charge in [0.15, 0.2) is 0 Å². The van der Waals surface area contributed by atoms with E-state index in [2.05, 4.69) is 5.32 Å². The molecule has 1 unspecified atom stereocenters. The van der Waals surface area contributed by atoms with Gasteiger partial charge in [0.2, 0.25) is 11.8 Å². The average molecular weight is 343 g/mol. The van der Waals surface area contributed by atoms with Gasteiger partial charge in [-0.1, -0.05) is 54.6 Å². The van der Waals surface area contributed by atoms with Crippen molar-refractivity contribution in [3.63, 3.8) is 0 Å². The Bertz CT molecular complexity index is 580. The zero-order chi connectivity index (χ0) is 15.4. The van der Waals surface area contributed by atoms with Crippen LogP contribution in [0.2, 0.25) is 5.02 Å². The number of nitrogens with zero attached hydrogens (tertiary/aromatic N) is 1. The number of anilines is 1. The van der Waals surface area contributed by atoms with Crippen LogP contribution in [0.3, 0.4) is 0 Å². The number of para-hydroxylation sites is 1. The molecule has 0 saturated carbocycles. The SMILES string of the molecule is CCC1SC(=S)N(CCC(=O)Nc2ccccc2Cl)C1=O. The molecule has 1 aliphatic heterocycles. The van der Waals surface area contributed by atoms with Gasteiger partial charge >= 0.3 is 0 Å². The second-order valence-corrected chi connectivity index (χ2v) is 6.79. The summed E-state index contributed by atoms with van der Waals surface area (Å²) < 4.78 is 0.553. The Hall–Kier alpha value is -1.11. The molecule has 1 fully saturated rings. The molecule has 21 heavy (non-hydrogen) atoms. The van der Waals surface area contributed by atoms with E-state index in [9.17, 15) is 9.59 Å². The fourth-order valence-electron chi connectivity index (χ4n) is 1.95. The first-order chi connectivity index (χ1) is 10.0. The van der Waals surface area contributed by atoms with E-state index in [0.717, 1.165) is 6.42 Å². The van der Waals surface area contributed by atoms with Gasteiger partial charge in [0.1, 0.15) is 4.32 Å². The van der Waals surface area contributed by atoms with Crippen molar-refractivity contribution in [2.24, 2.45) is 0 Å². The van der Waals surface area contributed by atoms with Gasteiger partial charge in [0, 0.05) is 13.0 Å². The van der Waals surface area contributed by atoms with Crippen molar-refractivity contribution in [1.82, 2.24) is 4.90 Å². The van der Waals surface area contributed by atoms with E-state index < -0.39 is 0 Å². The van der Waals surface area contributed by atoms with Crippen LogP contribution in [0.25, 0.3) is 0 Å². The van der Waals surface area contributed by atoms with Crippen molar-refractivity contribution >= 4 is 57.4 Å². The molecule has 2 rings (SSSR count). The van der Waals surface area contributed by atoms with Crippen molar-refractivity contribution in [3.05, 3.63) is 29.3 Å². The third kappa shape index (κ3) is 3.96. The number of halogens is 1. The van der Waals surface area contributed by atoms with Gasteiger partial charge in [-0.05, 0) is 18.6 Å². The highest BCUT2D eigenvalue weighted by atomic mass is 35.5. The molecule has 112 valence electrons. The number of carbonyl (C=O) groups excluding carboxylic acids is 2. The monoisotopic (exact) mass is 342 g/mol. The van der Waals surface area contributed by atoms with Crippen molar-refractivity contribution < 1.29 is 9.59 Å².